The fourth-order valence-corrected chi connectivity index (χ4v) is 2.22. The van der Waals surface area contributed by atoms with Gasteiger partial charge < -0.3 is 0 Å². The van der Waals surface area contributed by atoms with Crippen LogP contribution in [0.5, 0.6) is 0 Å². The van der Waals surface area contributed by atoms with Gasteiger partial charge in [-0.1, -0.05) is 35.9 Å². The van der Waals surface area contributed by atoms with Crippen LogP contribution in [-0.2, 0) is 0 Å². The van der Waals surface area contributed by atoms with E-state index >= 15 is 0 Å². The van der Waals surface area contributed by atoms with Crippen molar-refractivity contribution in [1.82, 2.24) is 14.9 Å². The zero-order valence-electron chi connectivity index (χ0n) is 11.8. The van der Waals surface area contributed by atoms with Gasteiger partial charge in [-0.05, 0) is 42.9 Å². The second-order valence-corrected chi connectivity index (χ2v) is 5.22. The molecule has 3 aromatic rings. The first-order valence-corrected chi connectivity index (χ1v) is 7.09. The Bertz CT molecular complexity index is 878. The molecule has 1 heterocycles. The maximum absolute atomic E-state index is 12.9. The summed E-state index contributed by atoms with van der Waals surface area (Å²) >= 11 is 5.21. The Kier molecular flexibility index (Phi) is 3.93. The lowest BCUT2D eigenvalue weighted by atomic mass is 10.1. The van der Waals surface area contributed by atoms with E-state index in [0.29, 0.717) is 10.6 Å². The Morgan fingerprint density at radius 3 is 2.73 bits per heavy atom. The van der Waals surface area contributed by atoms with Crippen molar-refractivity contribution in [2.75, 3.05) is 0 Å². The molecule has 4 nitrogen and oxygen atoms in total. The van der Waals surface area contributed by atoms with Gasteiger partial charge in [0.05, 0.1) is 6.21 Å². The molecule has 0 aliphatic heterocycles. The van der Waals surface area contributed by atoms with Crippen LogP contribution in [-0.4, -0.2) is 21.1 Å². The summed E-state index contributed by atoms with van der Waals surface area (Å²) in [4.78, 5) is 0. The quantitative estimate of drug-likeness (QED) is 0.588. The highest BCUT2D eigenvalue weighted by Gasteiger charge is 2.07. The first kappa shape index (κ1) is 14.3. The van der Waals surface area contributed by atoms with Gasteiger partial charge in [0.15, 0.2) is 5.82 Å². The van der Waals surface area contributed by atoms with E-state index in [-0.39, 0.29) is 5.82 Å². The number of aromatic nitrogens is 3. The number of aryl methyl sites for hydroxylation is 1. The first-order chi connectivity index (χ1) is 10.6. The van der Waals surface area contributed by atoms with E-state index in [2.05, 4.69) is 15.3 Å². The molecule has 0 fully saturated rings. The number of nitrogens with one attached hydrogen (secondary N) is 1. The van der Waals surface area contributed by atoms with Crippen LogP contribution in [0.3, 0.4) is 0 Å². The van der Waals surface area contributed by atoms with E-state index in [1.807, 2.05) is 31.2 Å². The van der Waals surface area contributed by atoms with Gasteiger partial charge in [0.25, 0.3) is 0 Å². The molecule has 0 saturated heterocycles. The summed E-state index contributed by atoms with van der Waals surface area (Å²) in [6.07, 6.45) is 1.62. The van der Waals surface area contributed by atoms with Crippen LogP contribution >= 0.6 is 12.2 Å². The molecule has 0 radical (unpaired) electrons. The number of H-pyrrole nitrogens is 1. The molecule has 0 spiro atoms. The van der Waals surface area contributed by atoms with Crippen molar-refractivity contribution in [2.45, 2.75) is 6.92 Å². The van der Waals surface area contributed by atoms with E-state index < -0.39 is 0 Å². The van der Waals surface area contributed by atoms with E-state index in [9.17, 15) is 4.39 Å². The fourth-order valence-electron chi connectivity index (χ4n) is 2.04. The summed E-state index contributed by atoms with van der Waals surface area (Å²) in [5.41, 5.74) is 2.82. The van der Waals surface area contributed by atoms with Gasteiger partial charge in [-0.25, -0.2) is 9.49 Å². The molecule has 0 atom stereocenters. The highest BCUT2D eigenvalue weighted by atomic mass is 32.1. The Balaban J connectivity index is 1.99. The summed E-state index contributed by atoms with van der Waals surface area (Å²) in [5, 5.41) is 11.3. The Morgan fingerprint density at radius 1 is 1.23 bits per heavy atom. The topological polar surface area (TPSA) is 46.0 Å². The molecule has 22 heavy (non-hydrogen) atoms. The monoisotopic (exact) mass is 312 g/mol. The zero-order valence-corrected chi connectivity index (χ0v) is 12.6. The Morgan fingerprint density at radius 2 is 2.00 bits per heavy atom. The van der Waals surface area contributed by atoms with Gasteiger partial charge in [-0.2, -0.15) is 14.9 Å². The molecule has 0 saturated carbocycles. The van der Waals surface area contributed by atoms with Gasteiger partial charge in [0, 0.05) is 5.56 Å². The average Bonchev–Trinajstić information content (AvgIpc) is 2.88. The smallest absolute Gasteiger partial charge is 0.216 e. The SMILES string of the molecule is Cc1cccc(-c2n[nH]c(=S)n2/N=C/c2ccc(F)cc2)c1. The molecule has 6 heteroatoms. The second kappa shape index (κ2) is 6.03. The van der Waals surface area contributed by atoms with E-state index in [4.69, 9.17) is 12.2 Å². The maximum atomic E-state index is 12.9. The lowest BCUT2D eigenvalue weighted by Crippen LogP contribution is -1.95. The van der Waals surface area contributed by atoms with Gasteiger partial charge in [-0.15, -0.1) is 0 Å². The number of benzene rings is 2. The van der Waals surface area contributed by atoms with Gasteiger partial charge >= 0.3 is 0 Å². The molecule has 0 aliphatic carbocycles. The van der Waals surface area contributed by atoms with Gasteiger partial charge in [-0.3, -0.25) is 0 Å². The number of halogens is 1. The predicted octanol–water partition coefficient (Wildman–Crippen LogP) is 3.94. The molecule has 0 bridgehead atoms. The third-order valence-corrected chi connectivity index (χ3v) is 3.38. The van der Waals surface area contributed by atoms with Crippen LogP contribution in [0.15, 0.2) is 53.6 Å². The van der Waals surface area contributed by atoms with Crippen molar-refractivity contribution < 1.29 is 4.39 Å². The second-order valence-electron chi connectivity index (χ2n) is 4.83. The Hall–Kier alpha value is -2.60. The van der Waals surface area contributed by atoms with Gasteiger partial charge in [0.1, 0.15) is 5.82 Å². The van der Waals surface area contributed by atoms with Crippen LogP contribution in [0.25, 0.3) is 11.4 Å². The van der Waals surface area contributed by atoms with Crippen molar-refractivity contribution in [1.29, 1.82) is 0 Å². The molecule has 0 aliphatic rings. The minimum Gasteiger partial charge on any atom is -0.250 e. The van der Waals surface area contributed by atoms with Crippen LogP contribution < -0.4 is 0 Å². The average molecular weight is 312 g/mol. The van der Waals surface area contributed by atoms with Gasteiger partial charge in [0.2, 0.25) is 4.77 Å². The summed E-state index contributed by atoms with van der Waals surface area (Å²) < 4.78 is 14.9. The number of aromatic amines is 1. The molecule has 0 unspecified atom stereocenters. The minimum atomic E-state index is -0.280. The predicted molar refractivity (Wildman–Crippen MR) is 87.0 cm³/mol. The first-order valence-electron chi connectivity index (χ1n) is 6.68. The molecule has 0 amide bonds. The normalized spacial score (nSPS) is 11.2. The lowest BCUT2D eigenvalue weighted by Gasteiger charge is -2.02. The number of hydrogen-bond acceptors (Lipinski definition) is 3. The third kappa shape index (κ3) is 3.01. The van der Waals surface area contributed by atoms with E-state index in [1.54, 1.807) is 23.0 Å². The summed E-state index contributed by atoms with van der Waals surface area (Å²) in [5.74, 6) is 0.351. The zero-order chi connectivity index (χ0) is 15.5. The largest absolute Gasteiger partial charge is 0.250 e. The molecule has 1 N–H and O–H groups in total. The van der Waals surface area contributed by atoms with Crippen molar-refractivity contribution in [3.05, 3.63) is 70.2 Å². The summed E-state index contributed by atoms with van der Waals surface area (Å²) in [6, 6.07) is 14.0. The highest BCUT2D eigenvalue weighted by molar-refractivity contribution is 7.71. The number of rotatable bonds is 3. The van der Waals surface area contributed by atoms with Crippen molar-refractivity contribution in [3.63, 3.8) is 0 Å². The Labute approximate surface area is 131 Å². The van der Waals surface area contributed by atoms with Crippen LogP contribution in [0.2, 0.25) is 0 Å². The molecule has 1 aromatic heterocycles. The number of nitrogens with zero attached hydrogens (tertiary/aromatic N) is 3. The summed E-state index contributed by atoms with van der Waals surface area (Å²) in [6.45, 7) is 2.01. The minimum absolute atomic E-state index is 0.280. The standard InChI is InChI=1S/C16H13FN4S/c1-11-3-2-4-13(9-11)15-19-20-16(22)21(15)18-10-12-5-7-14(17)8-6-12/h2-10H,1H3,(H,20,22)/b18-10+. The molecule has 2 aromatic carbocycles. The van der Waals surface area contributed by atoms with Crippen LogP contribution in [0, 0.1) is 17.5 Å². The molecular weight excluding hydrogens is 299 g/mol. The lowest BCUT2D eigenvalue weighted by molar-refractivity contribution is 0.628. The van der Waals surface area contributed by atoms with Crippen LogP contribution in [0.1, 0.15) is 11.1 Å². The van der Waals surface area contributed by atoms with Crippen molar-refractivity contribution >= 4 is 18.4 Å². The van der Waals surface area contributed by atoms with Crippen molar-refractivity contribution in [3.8, 4) is 11.4 Å². The summed E-state index contributed by atoms with van der Waals surface area (Å²) in [7, 11) is 0. The third-order valence-electron chi connectivity index (χ3n) is 3.12. The van der Waals surface area contributed by atoms with E-state index in [0.717, 1.165) is 16.7 Å². The van der Waals surface area contributed by atoms with Crippen molar-refractivity contribution in [2.24, 2.45) is 5.10 Å². The fraction of sp³-hybridized carbons (Fsp3) is 0.0625. The maximum Gasteiger partial charge on any atom is 0.216 e. The number of hydrogen-bond donors (Lipinski definition) is 1. The van der Waals surface area contributed by atoms with E-state index in [1.165, 1.54) is 12.1 Å². The molecular formula is C16H13FN4S. The molecule has 3 rings (SSSR count). The molecule has 110 valence electrons. The highest BCUT2D eigenvalue weighted by Crippen LogP contribution is 2.18. The van der Waals surface area contributed by atoms with Crippen LogP contribution in [0.4, 0.5) is 4.39 Å².